The molecule has 0 radical (unpaired) electrons. The van der Waals surface area contributed by atoms with Crippen LogP contribution in [-0.4, -0.2) is 95.9 Å². The number of allylic oxidation sites excluding steroid dienone is 14. The lowest BCUT2D eigenvalue weighted by molar-refractivity contribution is -0.161. The second-order valence-corrected chi connectivity index (χ2v) is 23.4. The van der Waals surface area contributed by atoms with Crippen LogP contribution in [-0.2, 0) is 55.8 Å². The van der Waals surface area contributed by atoms with Gasteiger partial charge in [0.25, 0.3) is 0 Å². The van der Waals surface area contributed by atoms with Crippen molar-refractivity contribution >= 4 is 33.6 Å². The number of phosphoric ester groups is 2. The molecule has 0 saturated heterocycles. The van der Waals surface area contributed by atoms with Crippen LogP contribution in [0.4, 0.5) is 0 Å². The molecule has 0 heterocycles. The Hall–Kier alpha value is -3.27. The van der Waals surface area contributed by atoms with E-state index in [1.807, 2.05) is 0 Å². The molecule has 0 bridgehead atoms. The third-order valence-corrected chi connectivity index (χ3v) is 14.5. The van der Waals surface area contributed by atoms with Gasteiger partial charge in [0, 0.05) is 19.3 Å². The molecule has 4 N–H and O–H groups in total. The number of esters is 3. The zero-order valence-electron chi connectivity index (χ0n) is 50.2. The lowest BCUT2D eigenvalue weighted by Gasteiger charge is -2.21. The maximum atomic E-state index is 12.8. The van der Waals surface area contributed by atoms with E-state index in [0.717, 1.165) is 141 Å². The largest absolute Gasteiger partial charge is 0.472 e. The van der Waals surface area contributed by atoms with Gasteiger partial charge in [-0.05, 0) is 89.9 Å². The third-order valence-electron chi connectivity index (χ3n) is 12.6. The van der Waals surface area contributed by atoms with Crippen LogP contribution < -0.4 is 0 Å². The van der Waals surface area contributed by atoms with Crippen LogP contribution in [0.3, 0.4) is 0 Å². The zero-order chi connectivity index (χ0) is 59.6. The number of unbranched alkanes of at least 4 members (excludes halogenated alkanes) is 21. The average molecular weight is 1190 g/mol. The molecule has 0 aliphatic heterocycles. The molecule has 0 rings (SSSR count). The number of rotatable bonds is 58. The minimum absolute atomic E-state index is 0.104. The van der Waals surface area contributed by atoms with E-state index in [-0.39, 0.29) is 19.3 Å². The fourth-order valence-electron chi connectivity index (χ4n) is 7.93. The molecule has 0 spiro atoms. The van der Waals surface area contributed by atoms with Gasteiger partial charge in [-0.3, -0.25) is 32.5 Å². The first kappa shape index (κ1) is 77.7. The van der Waals surface area contributed by atoms with Gasteiger partial charge in [-0.15, -0.1) is 0 Å². The van der Waals surface area contributed by atoms with E-state index in [2.05, 4.69) is 106 Å². The Kier molecular flexibility index (Phi) is 54.9. The molecule has 0 aliphatic carbocycles. The summed E-state index contributed by atoms with van der Waals surface area (Å²) in [6, 6.07) is 0. The first-order valence-corrected chi connectivity index (χ1v) is 33.9. The van der Waals surface area contributed by atoms with Crippen molar-refractivity contribution in [2.45, 2.75) is 257 Å². The molecule has 0 aromatic rings. The Labute approximate surface area is 489 Å². The fourth-order valence-corrected chi connectivity index (χ4v) is 9.51. The summed E-state index contributed by atoms with van der Waals surface area (Å²) in [6.45, 7) is 2.38. The van der Waals surface area contributed by atoms with Crippen LogP contribution in [0.15, 0.2) is 85.1 Å². The lowest BCUT2D eigenvalue weighted by atomic mass is 10.1. The number of phosphoric acid groups is 2. The van der Waals surface area contributed by atoms with Gasteiger partial charge in [0.2, 0.25) is 0 Å². The van der Waals surface area contributed by atoms with Gasteiger partial charge in [-0.1, -0.05) is 215 Å². The van der Waals surface area contributed by atoms with Crippen LogP contribution in [0.1, 0.15) is 239 Å². The van der Waals surface area contributed by atoms with Crippen molar-refractivity contribution in [3.8, 4) is 0 Å². The van der Waals surface area contributed by atoms with E-state index in [9.17, 15) is 43.5 Å². The Morgan fingerprint density at radius 2 is 0.654 bits per heavy atom. The molecule has 0 fully saturated rings. The van der Waals surface area contributed by atoms with Crippen LogP contribution in [0.25, 0.3) is 0 Å². The standard InChI is InChI=1S/C63H110O16P2/c1-4-7-10-13-16-19-22-24-26-28-30-32-35-37-40-43-46-49-61(66)73-52-58(64)53-75-80(69,70)76-54-59(65)55-77-81(71,72)78-57-60(79-63(68)51-48-45-42-39-34-21-18-15-12-9-6-3)56-74-62(67)50-47-44-41-38-36-33-31-29-27-25-23-20-17-14-11-8-5-2/h7-8,10-11,16-17,19-20,24-27,30,32,58-60,64-65H,4-6,9,12-15,18,21-23,28-29,31,33-57H2,1-3H3,(H,69,70)(H,71,72)/b10-7-,11-8-,19-16-,20-17-,26-24-,27-25-,32-30-. The monoisotopic (exact) mass is 1180 g/mol. The average Bonchev–Trinajstić information content (AvgIpc) is 3.44. The molecule has 0 aromatic heterocycles. The fraction of sp³-hybridized carbons (Fsp3) is 0.730. The van der Waals surface area contributed by atoms with Gasteiger partial charge in [0.1, 0.15) is 25.4 Å². The molecule has 0 amide bonds. The van der Waals surface area contributed by atoms with Crippen LogP contribution in [0.2, 0.25) is 0 Å². The topological polar surface area (TPSA) is 231 Å². The van der Waals surface area contributed by atoms with Crippen molar-refractivity contribution in [1.29, 1.82) is 0 Å². The number of carbonyl (C=O) groups excluding carboxylic acids is 3. The summed E-state index contributed by atoms with van der Waals surface area (Å²) < 4.78 is 60.6. The van der Waals surface area contributed by atoms with Crippen molar-refractivity contribution in [3.63, 3.8) is 0 Å². The molecular weight excluding hydrogens is 1070 g/mol. The van der Waals surface area contributed by atoms with E-state index >= 15 is 0 Å². The number of carbonyl (C=O) groups is 3. The van der Waals surface area contributed by atoms with Gasteiger partial charge in [-0.25, -0.2) is 9.13 Å². The maximum Gasteiger partial charge on any atom is 0.472 e. The van der Waals surface area contributed by atoms with Gasteiger partial charge < -0.3 is 34.2 Å². The molecule has 0 saturated carbocycles. The number of aliphatic hydroxyl groups is 2. The van der Waals surface area contributed by atoms with Gasteiger partial charge in [0.15, 0.2) is 6.10 Å². The Bertz CT molecular complexity index is 1830. The molecule has 0 aliphatic rings. The highest BCUT2D eigenvalue weighted by Crippen LogP contribution is 2.45. The van der Waals surface area contributed by atoms with E-state index < -0.39 is 91.5 Å². The molecule has 81 heavy (non-hydrogen) atoms. The minimum Gasteiger partial charge on any atom is -0.463 e. The van der Waals surface area contributed by atoms with E-state index in [0.29, 0.717) is 19.3 Å². The van der Waals surface area contributed by atoms with Crippen molar-refractivity contribution in [1.82, 2.24) is 0 Å². The number of hydrogen-bond donors (Lipinski definition) is 4. The first-order valence-electron chi connectivity index (χ1n) is 30.9. The van der Waals surface area contributed by atoms with E-state index in [1.54, 1.807) is 0 Å². The molecule has 18 heteroatoms. The van der Waals surface area contributed by atoms with Crippen LogP contribution in [0, 0.1) is 0 Å². The predicted octanol–water partition coefficient (Wildman–Crippen LogP) is 16.2. The highest BCUT2D eigenvalue weighted by molar-refractivity contribution is 7.47. The van der Waals surface area contributed by atoms with Crippen molar-refractivity contribution < 1.29 is 75.8 Å². The summed E-state index contributed by atoms with van der Waals surface area (Å²) >= 11 is 0. The highest BCUT2D eigenvalue weighted by Gasteiger charge is 2.29. The predicted molar refractivity (Wildman–Crippen MR) is 325 cm³/mol. The highest BCUT2D eigenvalue weighted by atomic mass is 31.2. The van der Waals surface area contributed by atoms with Crippen LogP contribution in [0.5, 0.6) is 0 Å². The summed E-state index contributed by atoms with van der Waals surface area (Å²) in [5, 5.41) is 20.5. The molecule has 16 nitrogen and oxygen atoms in total. The Morgan fingerprint density at radius 1 is 0.358 bits per heavy atom. The summed E-state index contributed by atoms with van der Waals surface area (Å²) in [6.07, 6.45) is 57.9. The number of hydrogen-bond acceptors (Lipinski definition) is 14. The molecule has 5 atom stereocenters. The smallest absolute Gasteiger partial charge is 0.463 e. The van der Waals surface area contributed by atoms with E-state index in [4.69, 9.17) is 32.3 Å². The van der Waals surface area contributed by atoms with Crippen LogP contribution >= 0.6 is 15.6 Å². The Morgan fingerprint density at radius 3 is 1.04 bits per heavy atom. The molecule has 468 valence electrons. The van der Waals surface area contributed by atoms with Crippen molar-refractivity contribution in [2.24, 2.45) is 0 Å². The SMILES string of the molecule is CC/C=C\C/C=C\C/C=C\C/C=C\CCCCCCC(=O)OCC(O)COP(=O)(O)OCC(O)COP(=O)(O)OCC(COC(=O)CCCCCCCCC/C=C\C/C=C\C/C=C\CC)OC(=O)CCCCCCCCCCCCC. The summed E-state index contributed by atoms with van der Waals surface area (Å²) in [4.78, 5) is 58.1. The summed E-state index contributed by atoms with van der Waals surface area (Å²) in [5.74, 6) is -1.61. The molecular formula is C63H110O16P2. The van der Waals surface area contributed by atoms with Gasteiger partial charge in [0.05, 0.1) is 26.4 Å². The van der Waals surface area contributed by atoms with Crippen molar-refractivity contribution in [3.05, 3.63) is 85.1 Å². The normalized spacial score (nSPS) is 15.0. The van der Waals surface area contributed by atoms with Gasteiger partial charge >= 0.3 is 33.6 Å². The summed E-state index contributed by atoms with van der Waals surface area (Å²) in [7, 11) is -9.76. The minimum atomic E-state index is -4.92. The second kappa shape index (κ2) is 57.2. The molecule has 0 aromatic carbocycles. The molecule has 5 unspecified atom stereocenters. The number of aliphatic hydroxyl groups excluding tert-OH is 2. The third kappa shape index (κ3) is 58.3. The van der Waals surface area contributed by atoms with E-state index in [1.165, 1.54) is 38.5 Å². The summed E-state index contributed by atoms with van der Waals surface area (Å²) in [5.41, 5.74) is 0. The van der Waals surface area contributed by atoms with Crippen molar-refractivity contribution in [2.75, 3.05) is 39.6 Å². The number of ether oxygens (including phenoxy) is 3. The van der Waals surface area contributed by atoms with Gasteiger partial charge in [-0.2, -0.15) is 0 Å². The first-order chi connectivity index (χ1) is 39.2. The maximum absolute atomic E-state index is 12.8. The quantitative estimate of drug-likeness (QED) is 0.0146. The Balaban J connectivity index is 4.66. The zero-order valence-corrected chi connectivity index (χ0v) is 52.0. The second-order valence-electron chi connectivity index (χ2n) is 20.5. The lowest BCUT2D eigenvalue weighted by Crippen LogP contribution is -2.30.